The summed E-state index contributed by atoms with van der Waals surface area (Å²) in [6.07, 6.45) is 7.71. The van der Waals surface area contributed by atoms with Crippen molar-refractivity contribution >= 4 is 5.97 Å². The van der Waals surface area contributed by atoms with Crippen LogP contribution in [-0.4, -0.2) is 36.5 Å². The van der Waals surface area contributed by atoms with Gasteiger partial charge in [0, 0.05) is 12.0 Å². The van der Waals surface area contributed by atoms with Crippen molar-refractivity contribution in [1.29, 1.82) is 0 Å². The van der Waals surface area contributed by atoms with E-state index in [9.17, 15) is 4.79 Å². The number of carbonyl (C=O) groups is 1. The topological polar surface area (TPSA) is 55.8 Å². The Bertz CT molecular complexity index is 365. The highest BCUT2D eigenvalue weighted by Gasteiger charge is 2.44. The molecule has 21 heavy (non-hydrogen) atoms. The fraction of sp³-hybridized carbons (Fsp3) is 0.824. The third-order valence-electron chi connectivity index (χ3n) is 4.81. The van der Waals surface area contributed by atoms with E-state index in [0.29, 0.717) is 30.6 Å². The van der Waals surface area contributed by atoms with Crippen LogP contribution in [0.4, 0.5) is 0 Å². The van der Waals surface area contributed by atoms with Crippen LogP contribution in [-0.2, 0) is 14.3 Å². The zero-order valence-corrected chi connectivity index (χ0v) is 13.1. The molecule has 0 aliphatic heterocycles. The molecule has 2 atom stereocenters. The molecule has 0 aromatic heterocycles. The number of fused-ring (bicyclic) bond motifs is 2. The summed E-state index contributed by atoms with van der Waals surface area (Å²) in [4.78, 5) is 12.0. The minimum Gasteiger partial charge on any atom is -0.456 e. The number of esters is 1. The number of ether oxygens (including phenoxy) is 2. The van der Waals surface area contributed by atoms with Crippen molar-refractivity contribution in [1.82, 2.24) is 0 Å². The van der Waals surface area contributed by atoms with E-state index in [-0.39, 0.29) is 18.2 Å². The largest absolute Gasteiger partial charge is 0.456 e. The van der Waals surface area contributed by atoms with Crippen molar-refractivity contribution in [2.75, 3.05) is 19.8 Å². The summed E-state index contributed by atoms with van der Waals surface area (Å²) in [6, 6.07) is 0. The van der Waals surface area contributed by atoms with Crippen molar-refractivity contribution in [3.05, 3.63) is 12.2 Å². The number of aliphatic hydroxyl groups excluding tert-OH is 1. The molecule has 4 nitrogen and oxygen atoms in total. The molecule has 0 aromatic rings. The molecule has 0 radical (unpaired) electrons. The monoisotopic (exact) mass is 296 g/mol. The molecule has 0 amide bonds. The van der Waals surface area contributed by atoms with Gasteiger partial charge in [-0.1, -0.05) is 25.8 Å². The van der Waals surface area contributed by atoms with E-state index < -0.39 is 0 Å². The highest BCUT2D eigenvalue weighted by atomic mass is 16.6. The SMILES string of the molecule is C=C(C)C(=O)OC1(CCOCCO)CC2CCCC(C2)C1. The average Bonchev–Trinajstić information content (AvgIpc) is 2.43. The first-order chi connectivity index (χ1) is 10.0. The molecule has 0 spiro atoms. The fourth-order valence-corrected chi connectivity index (χ4v) is 3.96. The van der Waals surface area contributed by atoms with Crippen LogP contribution in [0, 0.1) is 11.8 Å². The van der Waals surface area contributed by atoms with Crippen LogP contribution in [0.15, 0.2) is 12.2 Å². The lowest BCUT2D eigenvalue weighted by Gasteiger charge is -2.46. The van der Waals surface area contributed by atoms with Crippen molar-refractivity contribution < 1.29 is 19.4 Å². The number of rotatable bonds is 7. The maximum Gasteiger partial charge on any atom is 0.333 e. The Kier molecular flexibility index (Phi) is 5.82. The Hall–Kier alpha value is -0.870. The molecular weight excluding hydrogens is 268 g/mol. The lowest BCUT2D eigenvalue weighted by Crippen LogP contribution is -2.45. The van der Waals surface area contributed by atoms with Gasteiger partial charge >= 0.3 is 5.97 Å². The minimum atomic E-state index is -0.389. The molecule has 4 heteroatoms. The zero-order valence-electron chi connectivity index (χ0n) is 13.1. The standard InChI is InChI=1S/C17H28O4/c1-13(2)16(19)21-17(6-8-20-9-7-18)11-14-4-3-5-15(10-14)12-17/h14-15,18H,1,3-12H2,2H3. The van der Waals surface area contributed by atoms with Gasteiger partial charge in [-0.15, -0.1) is 0 Å². The molecule has 2 unspecified atom stereocenters. The highest BCUT2D eigenvalue weighted by molar-refractivity contribution is 5.87. The highest BCUT2D eigenvalue weighted by Crippen LogP contribution is 2.47. The van der Waals surface area contributed by atoms with E-state index in [1.165, 1.54) is 25.7 Å². The average molecular weight is 296 g/mol. The Balaban J connectivity index is 2.02. The third-order valence-corrected chi connectivity index (χ3v) is 4.81. The van der Waals surface area contributed by atoms with Crippen molar-refractivity contribution in [2.24, 2.45) is 11.8 Å². The van der Waals surface area contributed by atoms with Gasteiger partial charge in [0.15, 0.2) is 0 Å². The molecule has 2 aliphatic rings. The van der Waals surface area contributed by atoms with E-state index in [1.54, 1.807) is 6.92 Å². The van der Waals surface area contributed by atoms with Crippen LogP contribution in [0.5, 0.6) is 0 Å². The molecule has 120 valence electrons. The van der Waals surface area contributed by atoms with Crippen LogP contribution in [0.2, 0.25) is 0 Å². The molecule has 2 rings (SSSR count). The fourth-order valence-electron chi connectivity index (χ4n) is 3.96. The van der Waals surface area contributed by atoms with Crippen LogP contribution in [0.1, 0.15) is 51.9 Å². The van der Waals surface area contributed by atoms with Crippen molar-refractivity contribution in [3.63, 3.8) is 0 Å². The van der Waals surface area contributed by atoms with E-state index >= 15 is 0 Å². The second-order valence-electron chi connectivity index (χ2n) is 6.75. The van der Waals surface area contributed by atoms with Gasteiger partial charge in [-0.05, 0) is 38.0 Å². The van der Waals surface area contributed by atoms with Gasteiger partial charge in [0.05, 0.1) is 19.8 Å². The first-order valence-electron chi connectivity index (χ1n) is 8.12. The maximum atomic E-state index is 12.0. The van der Waals surface area contributed by atoms with E-state index in [1.807, 2.05) is 0 Å². The van der Waals surface area contributed by atoms with Gasteiger partial charge < -0.3 is 14.6 Å². The number of hydrogen-bond acceptors (Lipinski definition) is 4. The van der Waals surface area contributed by atoms with Crippen molar-refractivity contribution in [3.8, 4) is 0 Å². The van der Waals surface area contributed by atoms with Crippen LogP contribution < -0.4 is 0 Å². The second-order valence-corrected chi connectivity index (χ2v) is 6.75. The first-order valence-corrected chi connectivity index (χ1v) is 8.12. The van der Waals surface area contributed by atoms with Crippen molar-refractivity contribution in [2.45, 2.75) is 57.5 Å². The predicted octanol–water partition coefficient (Wildman–Crippen LogP) is 2.84. The summed E-state index contributed by atoms with van der Waals surface area (Å²) >= 11 is 0. The summed E-state index contributed by atoms with van der Waals surface area (Å²) in [7, 11) is 0. The molecule has 2 bridgehead atoms. The molecular formula is C17H28O4. The smallest absolute Gasteiger partial charge is 0.333 e. The van der Waals surface area contributed by atoms with E-state index in [4.69, 9.17) is 14.6 Å². The molecule has 2 aliphatic carbocycles. The summed E-state index contributed by atoms with van der Waals surface area (Å²) in [5.74, 6) is 1.07. The summed E-state index contributed by atoms with van der Waals surface area (Å²) in [5, 5.41) is 8.79. The van der Waals surface area contributed by atoms with Crippen LogP contribution >= 0.6 is 0 Å². The van der Waals surface area contributed by atoms with Crippen LogP contribution in [0.25, 0.3) is 0 Å². The zero-order chi connectivity index (χ0) is 15.3. The van der Waals surface area contributed by atoms with Gasteiger partial charge in [0.2, 0.25) is 0 Å². The van der Waals surface area contributed by atoms with Gasteiger partial charge in [-0.2, -0.15) is 0 Å². The van der Waals surface area contributed by atoms with Crippen LogP contribution in [0.3, 0.4) is 0 Å². The third kappa shape index (κ3) is 4.55. The molecule has 1 N–H and O–H groups in total. The predicted molar refractivity (Wildman–Crippen MR) is 80.8 cm³/mol. The second kappa shape index (κ2) is 7.41. The number of hydrogen-bond donors (Lipinski definition) is 1. The Morgan fingerprint density at radius 3 is 2.52 bits per heavy atom. The summed E-state index contributed by atoms with van der Waals surface area (Å²) in [6.45, 7) is 6.30. The lowest BCUT2D eigenvalue weighted by molar-refractivity contribution is -0.167. The van der Waals surface area contributed by atoms with E-state index in [2.05, 4.69) is 6.58 Å². The number of carbonyl (C=O) groups excluding carboxylic acids is 1. The molecule has 2 saturated carbocycles. The molecule has 2 fully saturated rings. The molecule has 0 saturated heterocycles. The normalized spacial score (nSPS) is 31.7. The molecule has 0 heterocycles. The van der Waals surface area contributed by atoms with Gasteiger partial charge in [0.1, 0.15) is 5.60 Å². The Morgan fingerprint density at radius 1 is 1.29 bits per heavy atom. The summed E-state index contributed by atoms with van der Waals surface area (Å²) in [5.41, 5.74) is 0.0702. The van der Waals surface area contributed by atoms with Gasteiger partial charge in [-0.25, -0.2) is 4.79 Å². The van der Waals surface area contributed by atoms with Gasteiger partial charge in [0.25, 0.3) is 0 Å². The summed E-state index contributed by atoms with van der Waals surface area (Å²) < 4.78 is 11.3. The minimum absolute atomic E-state index is 0.0316. The van der Waals surface area contributed by atoms with Gasteiger partial charge in [-0.3, -0.25) is 0 Å². The lowest BCUT2D eigenvalue weighted by atomic mass is 9.65. The molecule has 0 aromatic carbocycles. The number of aliphatic hydroxyl groups is 1. The first kappa shape index (κ1) is 16.5. The quantitative estimate of drug-likeness (QED) is 0.446. The maximum absolute atomic E-state index is 12.0. The Morgan fingerprint density at radius 2 is 1.95 bits per heavy atom. The Labute approximate surface area is 127 Å². The van der Waals surface area contributed by atoms with E-state index in [0.717, 1.165) is 19.3 Å².